The maximum atomic E-state index is 12.3. The second kappa shape index (κ2) is 4.95. The van der Waals surface area contributed by atoms with Gasteiger partial charge in [-0.3, -0.25) is 9.59 Å². The first-order valence-corrected chi connectivity index (χ1v) is 7.28. The Hall–Kier alpha value is -3.14. The van der Waals surface area contributed by atoms with E-state index in [9.17, 15) is 9.59 Å². The van der Waals surface area contributed by atoms with Crippen LogP contribution in [0.2, 0.25) is 0 Å². The first-order chi connectivity index (χ1) is 11.2. The largest absolute Gasteiger partial charge is 0.439 e. The fourth-order valence-electron chi connectivity index (χ4n) is 2.84. The summed E-state index contributed by atoms with van der Waals surface area (Å²) >= 11 is 0. The summed E-state index contributed by atoms with van der Waals surface area (Å²) in [5.41, 5.74) is 2.05. The number of ketones is 2. The number of ether oxygens (including phenoxy) is 1. The Bertz CT molecular complexity index is 871. The molecule has 1 aliphatic heterocycles. The van der Waals surface area contributed by atoms with Gasteiger partial charge in [0.05, 0.1) is 11.3 Å². The monoisotopic (exact) mass is 303 g/mol. The van der Waals surface area contributed by atoms with Crippen molar-refractivity contribution in [1.82, 2.24) is 0 Å². The molecule has 0 fully saturated rings. The molecule has 0 N–H and O–H groups in total. The number of anilines is 1. The first-order valence-electron chi connectivity index (χ1n) is 7.28. The van der Waals surface area contributed by atoms with E-state index in [1.807, 2.05) is 36.2 Å². The molecule has 4 heteroatoms. The van der Waals surface area contributed by atoms with E-state index in [4.69, 9.17) is 4.74 Å². The summed E-state index contributed by atoms with van der Waals surface area (Å²) in [7, 11) is 1.88. The lowest BCUT2D eigenvalue weighted by molar-refractivity contribution is 0.0989. The molecule has 1 heterocycles. The highest BCUT2D eigenvalue weighted by Crippen LogP contribution is 2.37. The number of hydrogen-bond acceptors (Lipinski definition) is 4. The van der Waals surface area contributed by atoms with E-state index in [0.29, 0.717) is 17.0 Å². The van der Waals surface area contributed by atoms with Gasteiger partial charge in [0.2, 0.25) is 0 Å². The van der Waals surface area contributed by atoms with Crippen LogP contribution in [0.4, 0.5) is 5.69 Å². The van der Waals surface area contributed by atoms with E-state index < -0.39 is 0 Å². The minimum Gasteiger partial charge on any atom is -0.439 e. The standard InChI is InChI=1S/C19H13NO3/c1-20-15-8-4-5-9-16(15)23-17(20)11-10-14-18(21)12-6-2-3-7-13(12)19(14)22/h2-11H,1H3/b17-11+. The number of fused-ring (bicyclic) bond motifs is 2. The Morgan fingerprint density at radius 2 is 1.48 bits per heavy atom. The second-order valence-corrected chi connectivity index (χ2v) is 5.42. The molecule has 0 saturated heterocycles. The van der Waals surface area contributed by atoms with E-state index >= 15 is 0 Å². The van der Waals surface area contributed by atoms with Crippen molar-refractivity contribution in [2.45, 2.75) is 0 Å². The highest BCUT2D eigenvalue weighted by Gasteiger charge is 2.32. The van der Waals surface area contributed by atoms with Crippen LogP contribution in [0.15, 0.2) is 72.1 Å². The molecule has 2 aromatic rings. The van der Waals surface area contributed by atoms with E-state index in [1.165, 1.54) is 0 Å². The summed E-state index contributed by atoms with van der Waals surface area (Å²) in [6, 6.07) is 14.5. The van der Waals surface area contributed by atoms with Crippen LogP contribution in [0.5, 0.6) is 5.75 Å². The van der Waals surface area contributed by atoms with Crippen molar-refractivity contribution >= 4 is 17.3 Å². The van der Waals surface area contributed by atoms with Crippen molar-refractivity contribution < 1.29 is 14.3 Å². The van der Waals surface area contributed by atoms with E-state index in [0.717, 1.165) is 11.4 Å². The SMILES string of the molecule is CN1/C(=C\C=C2C(=O)c3ccccc3C2=O)Oc2ccccc21. The molecule has 0 atom stereocenters. The molecule has 0 aromatic heterocycles. The maximum absolute atomic E-state index is 12.3. The van der Waals surface area contributed by atoms with Crippen molar-refractivity contribution in [3.63, 3.8) is 0 Å². The lowest BCUT2D eigenvalue weighted by Gasteiger charge is -2.09. The smallest absolute Gasteiger partial charge is 0.200 e. The van der Waals surface area contributed by atoms with E-state index in [-0.39, 0.29) is 17.1 Å². The van der Waals surface area contributed by atoms with Gasteiger partial charge in [0, 0.05) is 18.2 Å². The Morgan fingerprint density at radius 1 is 0.870 bits per heavy atom. The minimum atomic E-state index is -0.236. The Kier molecular flexibility index (Phi) is 2.91. The number of carbonyl (C=O) groups excluding carboxylic acids is 2. The number of hydrogen-bond donors (Lipinski definition) is 0. The van der Waals surface area contributed by atoms with Gasteiger partial charge in [-0.2, -0.15) is 0 Å². The van der Waals surface area contributed by atoms with Crippen LogP contribution in [0.25, 0.3) is 0 Å². The van der Waals surface area contributed by atoms with Crippen molar-refractivity contribution in [1.29, 1.82) is 0 Å². The number of benzene rings is 2. The average Bonchev–Trinajstić information content (AvgIpc) is 3.02. The number of nitrogens with zero attached hydrogens (tertiary/aromatic N) is 1. The van der Waals surface area contributed by atoms with Gasteiger partial charge in [-0.25, -0.2) is 0 Å². The molecule has 0 radical (unpaired) electrons. The highest BCUT2D eigenvalue weighted by molar-refractivity contribution is 6.39. The molecule has 0 bridgehead atoms. The van der Waals surface area contributed by atoms with Gasteiger partial charge < -0.3 is 9.64 Å². The molecule has 0 unspecified atom stereocenters. The fourth-order valence-corrected chi connectivity index (χ4v) is 2.84. The minimum absolute atomic E-state index is 0.173. The van der Waals surface area contributed by atoms with Gasteiger partial charge >= 0.3 is 0 Å². The zero-order valence-electron chi connectivity index (χ0n) is 12.4. The van der Waals surface area contributed by atoms with Crippen molar-refractivity contribution in [3.05, 3.63) is 83.3 Å². The number of allylic oxidation sites excluding steroid dienone is 3. The molecule has 0 spiro atoms. The second-order valence-electron chi connectivity index (χ2n) is 5.42. The molecule has 23 heavy (non-hydrogen) atoms. The van der Waals surface area contributed by atoms with E-state index in [2.05, 4.69) is 0 Å². The van der Waals surface area contributed by atoms with Gasteiger partial charge in [0.25, 0.3) is 0 Å². The van der Waals surface area contributed by atoms with Gasteiger partial charge in [-0.15, -0.1) is 0 Å². The molecule has 0 saturated carbocycles. The van der Waals surface area contributed by atoms with Crippen LogP contribution >= 0.6 is 0 Å². The molecule has 2 aromatic carbocycles. The van der Waals surface area contributed by atoms with Crippen molar-refractivity contribution in [3.8, 4) is 5.75 Å². The summed E-state index contributed by atoms with van der Waals surface area (Å²) in [4.78, 5) is 26.6. The summed E-state index contributed by atoms with van der Waals surface area (Å²) in [5.74, 6) is 0.864. The third-order valence-electron chi connectivity index (χ3n) is 4.07. The number of para-hydroxylation sites is 2. The quantitative estimate of drug-likeness (QED) is 0.598. The zero-order chi connectivity index (χ0) is 16.0. The van der Waals surface area contributed by atoms with E-state index in [1.54, 1.807) is 36.4 Å². The fraction of sp³-hybridized carbons (Fsp3) is 0.0526. The Morgan fingerprint density at radius 3 is 2.13 bits per heavy atom. The first kappa shape index (κ1) is 13.5. The average molecular weight is 303 g/mol. The topological polar surface area (TPSA) is 46.6 Å². The van der Waals surface area contributed by atoms with Crippen LogP contribution < -0.4 is 9.64 Å². The lowest BCUT2D eigenvalue weighted by Crippen LogP contribution is -2.13. The van der Waals surface area contributed by atoms with Crippen LogP contribution in [0.1, 0.15) is 20.7 Å². The van der Waals surface area contributed by atoms with Crippen molar-refractivity contribution in [2.24, 2.45) is 0 Å². The van der Waals surface area contributed by atoms with Crippen molar-refractivity contribution in [2.75, 3.05) is 11.9 Å². The van der Waals surface area contributed by atoms with Crippen LogP contribution in [0, 0.1) is 0 Å². The predicted molar refractivity (Wildman–Crippen MR) is 86.7 cm³/mol. The molecular weight excluding hydrogens is 290 g/mol. The molecule has 4 rings (SSSR count). The van der Waals surface area contributed by atoms with Crippen LogP contribution in [0.3, 0.4) is 0 Å². The summed E-state index contributed by atoms with van der Waals surface area (Å²) in [5, 5.41) is 0. The van der Waals surface area contributed by atoms with Crippen LogP contribution in [-0.2, 0) is 0 Å². The number of rotatable bonds is 1. The predicted octanol–water partition coefficient (Wildman–Crippen LogP) is 3.36. The third-order valence-corrected chi connectivity index (χ3v) is 4.07. The maximum Gasteiger partial charge on any atom is 0.200 e. The summed E-state index contributed by atoms with van der Waals surface area (Å²) < 4.78 is 5.75. The molecule has 4 nitrogen and oxygen atoms in total. The molecule has 0 amide bonds. The Labute approximate surface area is 133 Å². The molecular formula is C19H13NO3. The van der Waals surface area contributed by atoms with Crippen LogP contribution in [-0.4, -0.2) is 18.6 Å². The molecule has 2 aliphatic rings. The Balaban J connectivity index is 1.69. The molecule has 112 valence electrons. The lowest BCUT2D eigenvalue weighted by atomic mass is 10.1. The normalized spacial score (nSPS) is 17.3. The number of Topliss-reactive ketones (excluding diaryl/α,β-unsaturated/α-hetero) is 2. The van der Waals surface area contributed by atoms with Gasteiger partial charge in [-0.05, 0) is 24.3 Å². The highest BCUT2D eigenvalue weighted by atomic mass is 16.5. The van der Waals surface area contributed by atoms with Gasteiger partial charge in [0.15, 0.2) is 23.2 Å². The van der Waals surface area contributed by atoms with Gasteiger partial charge in [-0.1, -0.05) is 36.4 Å². The number of carbonyl (C=O) groups is 2. The van der Waals surface area contributed by atoms with Gasteiger partial charge in [0.1, 0.15) is 0 Å². The summed E-state index contributed by atoms with van der Waals surface area (Å²) in [6.45, 7) is 0. The molecule has 1 aliphatic carbocycles. The summed E-state index contributed by atoms with van der Waals surface area (Å²) in [6.07, 6.45) is 3.21. The third kappa shape index (κ3) is 1.99. The zero-order valence-corrected chi connectivity index (χ0v) is 12.4.